The highest BCUT2D eigenvalue weighted by Gasteiger charge is 2.19. The fourth-order valence-corrected chi connectivity index (χ4v) is 1.76. The molecule has 1 atom stereocenters. The van der Waals surface area contributed by atoms with E-state index in [2.05, 4.69) is 10.2 Å². The van der Waals surface area contributed by atoms with E-state index < -0.39 is 5.92 Å². The number of amides is 1. The topological polar surface area (TPSA) is 65.4 Å². The summed E-state index contributed by atoms with van der Waals surface area (Å²) < 4.78 is 4.98. The van der Waals surface area contributed by atoms with E-state index in [-0.39, 0.29) is 5.91 Å². The van der Waals surface area contributed by atoms with Crippen molar-refractivity contribution in [3.05, 3.63) is 35.9 Å². The molecule has 1 amide bonds. The van der Waals surface area contributed by atoms with Crippen molar-refractivity contribution in [2.45, 2.75) is 5.92 Å². The Morgan fingerprint density at radius 3 is 2.70 bits per heavy atom. The largest absolute Gasteiger partial charge is 0.383 e. The van der Waals surface area contributed by atoms with Crippen LogP contribution < -0.4 is 5.32 Å². The van der Waals surface area contributed by atoms with Crippen LogP contribution in [0.3, 0.4) is 0 Å². The summed E-state index contributed by atoms with van der Waals surface area (Å²) in [6.45, 7) is 2.72. The van der Waals surface area contributed by atoms with Gasteiger partial charge in [-0.3, -0.25) is 4.79 Å². The molecule has 0 fully saturated rings. The van der Waals surface area contributed by atoms with Gasteiger partial charge in [0.25, 0.3) is 0 Å². The summed E-state index contributed by atoms with van der Waals surface area (Å²) in [6.07, 6.45) is 0. The highest BCUT2D eigenvalue weighted by atomic mass is 16.5. The lowest BCUT2D eigenvalue weighted by Gasteiger charge is -2.17. The zero-order chi connectivity index (χ0) is 14.8. The van der Waals surface area contributed by atoms with Crippen LogP contribution in [0.2, 0.25) is 0 Å². The molecule has 0 aliphatic carbocycles. The first kappa shape index (κ1) is 16.2. The van der Waals surface area contributed by atoms with Gasteiger partial charge in [0.2, 0.25) is 5.91 Å². The maximum absolute atomic E-state index is 12.0. The van der Waals surface area contributed by atoms with Gasteiger partial charge in [-0.05, 0) is 12.6 Å². The summed E-state index contributed by atoms with van der Waals surface area (Å²) in [5, 5.41) is 11.9. The number of likely N-dealkylation sites (N-methyl/N-ethyl adjacent to an activating group) is 1. The summed E-state index contributed by atoms with van der Waals surface area (Å²) in [5.41, 5.74) is 0.722. The minimum atomic E-state index is -0.750. The molecule has 0 heterocycles. The average molecular weight is 275 g/mol. The molecule has 0 saturated carbocycles. The normalized spacial score (nSPS) is 11.9. The lowest BCUT2D eigenvalue weighted by atomic mass is 10.00. The van der Waals surface area contributed by atoms with Crippen LogP contribution in [0, 0.1) is 11.3 Å². The number of ether oxygens (including phenoxy) is 1. The van der Waals surface area contributed by atoms with Crippen molar-refractivity contribution in [1.82, 2.24) is 10.2 Å². The molecular weight excluding hydrogens is 254 g/mol. The number of rotatable bonds is 8. The Morgan fingerprint density at radius 2 is 2.10 bits per heavy atom. The monoisotopic (exact) mass is 275 g/mol. The zero-order valence-electron chi connectivity index (χ0n) is 12.0. The second kappa shape index (κ2) is 9.08. The van der Waals surface area contributed by atoms with Crippen LogP contribution in [-0.2, 0) is 9.53 Å². The van der Waals surface area contributed by atoms with E-state index in [1.54, 1.807) is 19.2 Å². The fourth-order valence-electron chi connectivity index (χ4n) is 1.76. The lowest BCUT2D eigenvalue weighted by molar-refractivity contribution is -0.121. The SMILES string of the molecule is COCCN(C)CCNC(=O)C(C#N)c1ccccc1. The van der Waals surface area contributed by atoms with Gasteiger partial charge in [-0.2, -0.15) is 5.26 Å². The van der Waals surface area contributed by atoms with Crippen LogP contribution in [0.1, 0.15) is 11.5 Å². The van der Waals surface area contributed by atoms with Gasteiger partial charge in [-0.15, -0.1) is 0 Å². The number of hydrogen-bond acceptors (Lipinski definition) is 4. The zero-order valence-corrected chi connectivity index (χ0v) is 12.0. The van der Waals surface area contributed by atoms with Crippen molar-refractivity contribution in [2.24, 2.45) is 0 Å². The molecular formula is C15H21N3O2. The number of hydrogen-bond donors (Lipinski definition) is 1. The first-order valence-electron chi connectivity index (χ1n) is 6.58. The molecule has 1 aromatic rings. The Balaban J connectivity index is 2.40. The van der Waals surface area contributed by atoms with Gasteiger partial charge in [-0.25, -0.2) is 0 Å². The van der Waals surface area contributed by atoms with Crippen molar-refractivity contribution >= 4 is 5.91 Å². The van der Waals surface area contributed by atoms with Gasteiger partial charge >= 0.3 is 0 Å². The Hall–Kier alpha value is -1.90. The number of benzene rings is 1. The van der Waals surface area contributed by atoms with Crippen LogP contribution in [-0.4, -0.2) is 51.2 Å². The number of carbonyl (C=O) groups is 1. The van der Waals surface area contributed by atoms with Crippen molar-refractivity contribution in [3.8, 4) is 6.07 Å². The van der Waals surface area contributed by atoms with Gasteiger partial charge in [0.05, 0.1) is 12.7 Å². The molecule has 0 radical (unpaired) electrons. The van der Waals surface area contributed by atoms with Crippen molar-refractivity contribution in [1.29, 1.82) is 5.26 Å². The maximum atomic E-state index is 12.0. The van der Waals surface area contributed by atoms with E-state index >= 15 is 0 Å². The minimum Gasteiger partial charge on any atom is -0.383 e. The molecule has 1 rings (SSSR count). The minimum absolute atomic E-state index is 0.251. The predicted molar refractivity (Wildman–Crippen MR) is 77.2 cm³/mol. The predicted octanol–water partition coefficient (Wildman–Crippen LogP) is 0.988. The third-order valence-corrected chi connectivity index (χ3v) is 2.99. The average Bonchev–Trinajstić information content (AvgIpc) is 2.47. The van der Waals surface area contributed by atoms with Crippen LogP contribution in [0.4, 0.5) is 0 Å². The smallest absolute Gasteiger partial charge is 0.241 e. The summed E-state index contributed by atoms with van der Waals surface area (Å²) in [5.74, 6) is -1.00. The molecule has 0 aliphatic rings. The quantitative estimate of drug-likeness (QED) is 0.768. The molecule has 5 nitrogen and oxygen atoms in total. The summed E-state index contributed by atoms with van der Waals surface area (Å²) >= 11 is 0. The van der Waals surface area contributed by atoms with E-state index in [9.17, 15) is 4.79 Å². The number of nitriles is 1. The number of nitrogens with one attached hydrogen (secondary N) is 1. The summed E-state index contributed by atoms with van der Waals surface area (Å²) in [4.78, 5) is 14.1. The van der Waals surface area contributed by atoms with E-state index in [4.69, 9.17) is 10.00 Å². The van der Waals surface area contributed by atoms with Gasteiger partial charge in [0.15, 0.2) is 0 Å². The van der Waals surface area contributed by atoms with Gasteiger partial charge in [0.1, 0.15) is 5.92 Å². The van der Waals surface area contributed by atoms with Gasteiger partial charge in [0, 0.05) is 26.7 Å². The molecule has 1 unspecified atom stereocenters. The molecule has 0 aliphatic heterocycles. The molecule has 20 heavy (non-hydrogen) atoms. The second-order valence-electron chi connectivity index (χ2n) is 4.56. The molecule has 1 aromatic carbocycles. The molecule has 5 heteroatoms. The number of carbonyl (C=O) groups excluding carboxylic acids is 1. The van der Waals surface area contributed by atoms with E-state index in [1.165, 1.54) is 0 Å². The molecule has 0 spiro atoms. The molecule has 0 aromatic heterocycles. The second-order valence-corrected chi connectivity index (χ2v) is 4.56. The highest BCUT2D eigenvalue weighted by Crippen LogP contribution is 2.14. The van der Waals surface area contributed by atoms with Crippen LogP contribution in [0.15, 0.2) is 30.3 Å². The van der Waals surface area contributed by atoms with Crippen LogP contribution >= 0.6 is 0 Å². The molecule has 108 valence electrons. The summed E-state index contributed by atoms with van der Waals surface area (Å²) in [7, 11) is 3.62. The van der Waals surface area contributed by atoms with Gasteiger partial charge in [-0.1, -0.05) is 30.3 Å². The first-order valence-corrected chi connectivity index (χ1v) is 6.58. The molecule has 0 saturated heterocycles. The number of nitrogens with zero attached hydrogens (tertiary/aromatic N) is 2. The Labute approximate surface area is 120 Å². The molecule has 1 N–H and O–H groups in total. The maximum Gasteiger partial charge on any atom is 0.241 e. The van der Waals surface area contributed by atoms with Crippen LogP contribution in [0.5, 0.6) is 0 Å². The molecule has 0 bridgehead atoms. The lowest BCUT2D eigenvalue weighted by Crippen LogP contribution is -2.36. The Morgan fingerprint density at radius 1 is 1.40 bits per heavy atom. The third-order valence-electron chi connectivity index (χ3n) is 2.99. The number of methoxy groups -OCH3 is 1. The van der Waals surface area contributed by atoms with Crippen molar-refractivity contribution in [2.75, 3.05) is 40.4 Å². The Kier molecular flexibility index (Phi) is 7.33. The van der Waals surface area contributed by atoms with E-state index in [1.807, 2.05) is 31.3 Å². The fraction of sp³-hybridized carbons (Fsp3) is 0.467. The van der Waals surface area contributed by atoms with Crippen LogP contribution in [0.25, 0.3) is 0 Å². The Bertz CT molecular complexity index is 442. The van der Waals surface area contributed by atoms with E-state index in [0.29, 0.717) is 13.2 Å². The highest BCUT2D eigenvalue weighted by molar-refractivity contribution is 5.86. The summed E-state index contributed by atoms with van der Waals surface area (Å²) in [6, 6.07) is 11.1. The third kappa shape index (κ3) is 5.39. The first-order chi connectivity index (χ1) is 9.69. The standard InChI is InChI=1S/C15H21N3O2/c1-18(10-11-20-2)9-8-17-15(19)14(12-16)13-6-4-3-5-7-13/h3-7,14H,8-11H2,1-2H3,(H,17,19). The van der Waals surface area contributed by atoms with Gasteiger partial charge < -0.3 is 15.0 Å². The van der Waals surface area contributed by atoms with E-state index in [0.717, 1.165) is 18.7 Å². The van der Waals surface area contributed by atoms with Crippen molar-refractivity contribution in [3.63, 3.8) is 0 Å². The van der Waals surface area contributed by atoms with Crippen molar-refractivity contribution < 1.29 is 9.53 Å².